The van der Waals surface area contributed by atoms with E-state index in [1.54, 1.807) is 0 Å². The highest BCUT2D eigenvalue weighted by Crippen LogP contribution is 2.40. The molecule has 0 aromatic heterocycles. The van der Waals surface area contributed by atoms with Crippen LogP contribution in [0, 0.1) is 5.41 Å². The summed E-state index contributed by atoms with van der Waals surface area (Å²) in [5.41, 5.74) is 0.461. The number of hydrogen-bond acceptors (Lipinski definition) is 3. The fourth-order valence-electron chi connectivity index (χ4n) is 2.73. The summed E-state index contributed by atoms with van der Waals surface area (Å²) in [7, 11) is 6.43. The molecule has 0 radical (unpaired) electrons. The van der Waals surface area contributed by atoms with E-state index in [0.717, 1.165) is 5.25 Å². The van der Waals surface area contributed by atoms with Crippen LogP contribution in [0.2, 0.25) is 0 Å². The van der Waals surface area contributed by atoms with Crippen molar-refractivity contribution in [3.8, 4) is 0 Å². The second kappa shape index (κ2) is 6.27. The van der Waals surface area contributed by atoms with E-state index in [1.807, 2.05) is 0 Å². The molecule has 2 nitrogen and oxygen atoms in total. The third-order valence-corrected chi connectivity index (χ3v) is 5.06. The highest BCUT2D eigenvalue weighted by Gasteiger charge is 2.37. The van der Waals surface area contributed by atoms with E-state index in [1.165, 1.54) is 31.6 Å². The van der Waals surface area contributed by atoms with Gasteiger partial charge in [-0.25, -0.2) is 0 Å². The average molecular weight is 244 g/mol. The minimum Gasteiger partial charge on any atom is -0.315 e. The van der Waals surface area contributed by atoms with Crippen molar-refractivity contribution in [3.05, 3.63) is 0 Å². The van der Waals surface area contributed by atoms with Gasteiger partial charge < -0.3 is 10.2 Å². The van der Waals surface area contributed by atoms with E-state index >= 15 is 0 Å². The number of nitrogens with zero attached hydrogens (tertiary/aromatic N) is 1. The summed E-state index contributed by atoms with van der Waals surface area (Å²) >= 11 is 2.16. The lowest BCUT2D eigenvalue weighted by molar-refractivity contribution is 0.182. The second-order valence-corrected chi connectivity index (χ2v) is 7.21. The molecule has 1 rings (SSSR count). The topological polar surface area (TPSA) is 15.3 Å². The first kappa shape index (κ1) is 14.3. The molecule has 1 aliphatic carbocycles. The molecule has 3 heteroatoms. The predicted molar refractivity (Wildman–Crippen MR) is 75.3 cm³/mol. The van der Waals surface area contributed by atoms with Gasteiger partial charge in [0.1, 0.15) is 0 Å². The smallest absolute Gasteiger partial charge is 0.0234 e. The van der Waals surface area contributed by atoms with Crippen LogP contribution in [0.5, 0.6) is 0 Å². The lowest BCUT2D eigenvalue weighted by atomic mass is 9.73. The Morgan fingerprint density at radius 2 is 2.06 bits per heavy atom. The van der Waals surface area contributed by atoms with Crippen LogP contribution in [0.4, 0.5) is 0 Å². The summed E-state index contributed by atoms with van der Waals surface area (Å²) in [5.74, 6) is 1.26. The van der Waals surface area contributed by atoms with Crippen molar-refractivity contribution < 1.29 is 0 Å². The minimum absolute atomic E-state index is 0.461. The molecule has 0 aliphatic heterocycles. The molecule has 1 fully saturated rings. The molecule has 0 spiro atoms. The molecule has 1 N–H and O–H groups in total. The van der Waals surface area contributed by atoms with Crippen LogP contribution in [-0.4, -0.2) is 49.6 Å². The molecule has 0 aromatic carbocycles. The Kier molecular flexibility index (Phi) is 5.62. The Bertz CT molecular complexity index is 204. The first-order chi connectivity index (χ1) is 7.47. The molecule has 96 valence electrons. The van der Waals surface area contributed by atoms with Gasteiger partial charge in [-0.3, -0.25) is 0 Å². The van der Waals surface area contributed by atoms with Gasteiger partial charge in [0.15, 0.2) is 0 Å². The summed E-state index contributed by atoms with van der Waals surface area (Å²) in [6, 6.07) is 0.674. The van der Waals surface area contributed by atoms with Gasteiger partial charge >= 0.3 is 0 Å². The fraction of sp³-hybridized carbons (Fsp3) is 1.00. The van der Waals surface area contributed by atoms with Gasteiger partial charge in [-0.15, -0.1) is 0 Å². The molecule has 1 saturated carbocycles. The van der Waals surface area contributed by atoms with Gasteiger partial charge in [0.2, 0.25) is 0 Å². The van der Waals surface area contributed by atoms with E-state index in [4.69, 9.17) is 0 Å². The quantitative estimate of drug-likeness (QED) is 0.800. The van der Waals surface area contributed by atoms with Gasteiger partial charge in [0.05, 0.1) is 0 Å². The number of hydrogen-bond donors (Lipinski definition) is 1. The van der Waals surface area contributed by atoms with Gasteiger partial charge in [0, 0.05) is 23.6 Å². The maximum absolute atomic E-state index is 3.55. The summed E-state index contributed by atoms with van der Waals surface area (Å²) in [4.78, 5) is 2.27. The van der Waals surface area contributed by atoms with E-state index in [9.17, 15) is 0 Å². The predicted octanol–water partition coefficient (Wildman–Crippen LogP) is 2.45. The largest absolute Gasteiger partial charge is 0.315 e. The lowest BCUT2D eigenvalue weighted by Gasteiger charge is -2.43. The van der Waals surface area contributed by atoms with Crippen LogP contribution in [0.1, 0.15) is 33.1 Å². The maximum Gasteiger partial charge on any atom is 0.0234 e. The molecule has 0 aromatic rings. The molecule has 2 unspecified atom stereocenters. The van der Waals surface area contributed by atoms with E-state index < -0.39 is 0 Å². The van der Waals surface area contributed by atoms with Gasteiger partial charge in [-0.2, -0.15) is 11.8 Å². The Hall–Kier alpha value is 0.270. The van der Waals surface area contributed by atoms with Gasteiger partial charge in [0.25, 0.3) is 0 Å². The standard InChI is InChI=1S/C13H28N2S/c1-13(2)8-6-7-11(12(13)14-3)16-10-9-15(4)5/h11-12,14H,6-10H2,1-5H3. The molecule has 2 atom stereocenters. The lowest BCUT2D eigenvalue weighted by Crippen LogP contribution is -2.50. The highest BCUT2D eigenvalue weighted by atomic mass is 32.2. The molecule has 0 saturated heterocycles. The molecular formula is C13H28N2S. The van der Waals surface area contributed by atoms with Crippen molar-refractivity contribution in [2.24, 2.45) is 5.41 Å². The Morgan fingerprint density at radius 3 is 2.62 bits per heavy atom. The Balaban J connectivity index is 2.44. The first-order valence-corrected chi connectivity index (χ1v) is 7.46. The summed E-state index contributed by atoms with van der Waals surface area (Å²) in [6.07, 6.45) is 4.14. The number of rotatable bonds is 5. The number of thioether (sulfide) groups is 1. The minimum atomic E-state index is 0.461. The van der Waals surface area contributed by atoms with Crippen molar-refractivity contribution in [2.75, 3.05) is 33.4 Å². The SMILES string of the molecule is CNC1C(SCCN(C)C)CCCC1(C)C. The van der Waals surface area contributed by atoms with Crippen molar-refractivity contribution >= 4 is 11.8 Å². The van der Waals surface area contributed by atoms with Crippen LogP contribution < -0.4 is 5.32 Å². The zero-order valence-electron chi connectivity index (χ0n) is 11.5. The Morgan fingerprint density at radius 1 is 1.38 bits per heavy atom. The molecular weight excluding hydrogens is 216 g/mol. The summed E-state index contributed by atoms with van der Waals surface area (Å²) < 4.78 is 0. The normalized spacial score (nSPS) is 29.6. The van der Waals surface area contributed by atoms with Crippen molar-refractivity contribution in [2.45, 2.75) is 44.4 Å². The van der Waals surface area contributed by atoms with Crippen molar-refractivity contribution in [1.29, 1.82) is 0 Å². The zero-order valence-corrected chi connectivity index (χ0v) is 12.4. The molecule has 1 aliphatic rings. The van der Waals surface area contributed by atoms with Crippen molar-refractivity contribution in [3.63, 3.8) is 0 Å². The van der Waals surface area contributed by atoms with Gasteiger partial charge in [-0.1, -0.05) is 20.3 Å². The van der Waals surface area contributed by atoms with E-state index in [0.29, 0.717) is 11.5 Å². The molecule has 0 bridgehead atoms. The highest BCUT2D eigenvalue weighted by molar-refractivity contribution is 8.00. The van der Waals surface area contributed by atoms with Crippen LogP contribution in [-0.2, 0) is 0 Å². The van der Waals surface area contributed by atoms with E-state index in [2.05, 4.69) is 57.0 Å². The number of nitrogens with one attached hydrogen (secondary N) is 1. The monoisotopic (exact) mass is 244 g/mol. The second-order valence-electron chi connectivity index (χ2n) is 5.86. The van der Waals surface area contributed by atoms with Crippen LogP contribution in [0.25, 0.3) is 0 Å². The average Bonchev–Trinajstić information content (AvgIpc) is 2.16. The van der Waals surface area contributed by atoms with Crippen LogP contribution >= 0.6 is 11.8 Å². The van der Waals surface area contributed by atoms with Crippen LogP contribution in [0.15, 0.2) is 0 Å². The molecule has 0 amide bonds. The van der Waals surface area contributed by atoms with Crippen LogP contribution in [0.3, 0.4) is 0 Å². The third kappa shape index (κ3) is 3.94. The molecule has 16 heavy (non-hydrogen) atoms. The van der Waals surface area contributed by atoms with E-state index in [-0.39, 0.29) is 0 Å². The summed E-state index contributed by atoms with van der Waals surface area (Å²) in [6.45, 7) is 6.01. The van der Waals surface area contributed by atoms with Crippen molar-refractivity contribution in [1.82, 2.24) is 10.2 Å². The Labute approximate surface area is 106 Å². The third-order valence-electron chi connectivity index (χ3n) is 3.70. The summed E-state index contributed by atoms with van der Waals surface area (Å²) in [5, 5.41) is 4.35. The first-order valence-electron chi connectivity index (χ1n) is 6.41. The zero-order chi connectivity index (χ0) is 12.2. The molecule has 0 heterocycles. The maximum atomic E-state index is 3.55. The fourth-order valence-corrected chi connectivity index (χ4v) is 4.53. The van der Waals surface area contributed by atoms with Gasteiger partial charge in [-0.05, 0) is 39.4 Å².